The summed E-state index contributed by atoms with van der Waals surface area (Å²) in [6.45, 7) is 3.93. The number of aryl methyl sites for hydroxylation is 1. The van der Waals surface area contributed by atoms with Crippen molar-refractivity contribution < 1.29 is 13.3 Å². The zero-order valence-corrected chi connectivity index (χ0v) is 19.5. The topological polar surface area (TPSA) is 120 Å². The molecule has 0 amide bonds. The first-order chi connectivity index (χ1) is 15.3. The summed E-state index contributed by atoms with van der Waals surface area (Å²) in [6.07, 6.45) is 1.35. The van der Waals surface area contributed by atoms with Crippen molar-refractivity contribution in [3.8, 4) is 5.69 Å². The predicted molar refractivity (Wildman–Crippen MR) is 124 cm³/mol. The molecular weight excluding hydrogens is 450 g/mol. The minimum absolute atomic E-state index is 0.0267. The summed E-state index contributed by atoms with van der Waals surface area (Å²) in [6, 6.07) is 14.1. The van der Waals surface area contributed by atoms with E-state index in [1.165, 1.54) is 23.9 Å². The molecule has 3 rings (SSSR count). The van der Waals surface area contributed by atoms with E-state index >= 15 is 0 Å². The molecule has 0 saturated heterocycles. The van der Waals surface area contributed by atoms with Crippen LogP contribution in [0.3, 0.4) is 0 Å². The maximum atomic E-state index is 12.2. The van der Waals surface area contributed by atoms with Crippen LogP contribution in [0.4, 0.5) is 5.69 Å². The second-order valence-corrected chi connectivity index (χ2v) is 10.1. The monoisotopic (exact) mass is 475 g/mol. The molecule has 0 bridgehead atoms. The molecule has 2 aromatic carbocycles. The Morgan fingerprint density at radius 3 is 2.56 bits per heavy atom. The van der Waals surface area contributed by atoms with Crippen molar-refractivity contribution >= 4 is 27.5 Å². The first-order valence-corrected chi connectivity index (χ1v) is 12.8. The van der Waals surface area contributed by atoms with Crippen LogP contribution in [-0.4, -0.2) is 33.9 Å². The molecule has 0 spiro atoms. The third-order valence-corrected chi connectivity index (χ3v) is 7.10. The number of nitro groups is 1. The molecule has 0 unspecified atom stereocenters. The van der Waals surface area contributed by atoms with Crippen LogP contribution >= 0.6 is 11.8 Å². The van der Waals surface area contributed by atoms with Gasteiger partial charge < -0.3 is 0 Å². The fourth-order valence-electron chi connectivity index (χ4n) is 3.02. The highest BCUT2D eigenvalue weighted by Crippen LogP contribution is 2.26. The average Bonchev–Trinajstić information content (AvgIpc) is 3.18. The number of thioether (sulfide) groups is 1. The van der Waals surface area contributed by atoms with Gasteiger partial charge in [0.1, 0.15) is 0 Å². The minimum Gasteiger partial charge on any atom is -0.273 e. The molecule has 9 nitrogen and oxygen atoms in total. The largest absolute Gasteiger partial charge is 0.273 e. The molecule has 0 aliphatic carbocycles. The average molecular weight is 476 g/mol. The molecule has 11 heteroatoms. The third-order valence-electron chi connectivity index (χ3n) is 4.69. The number of non-ortho nitro benzene ring substituents is 1. The maximum absolute atomic E-state index is 12.2. The van der Waals surface area contributed by atoms with Crippen LogP contribution in [0.5, 0.6) is 0 Å². The van der Waals surface area contributed by atoms with E-state index in [9.17, 15) is 18.5 Å². The quantitative estimate of drug-likeness (QED) is 0.253. The molecule has 1 aromatic heterocycles. The van der Waals surface area contributed by atoms with Gasteiger partial charge >= 0.3 is 0 Å². The molecule has 0 saturated carbocycles. The Labute approximate surface area is 191 Å². The number of unbranched alkanes of at least 4 members (excludes halogenated alkanes) is 1. The smallest absolute Gasteiger partial charge is 0.269 e. The van der Waals surface area contributed by atoms with Crippen LogP contribution in [0.1, 0.15) is 36.7 Å². The van der Waals surface area contributed by atoms with Gasteiger partial charge in [-0.15, -0.1) is 10.2 Å². The molecule has 1 N–H and O–H groups in total. The van der Waals surface area contributed by atoms with E-state index < -0.39 is 14.9 Å². The normalized spacial score (nSPS) is 11.6. The molecule has 1 heterocycles. The predicted octanol–water partition coefficient (Wildman–Crippen LogP) is 4.00. The molecule has 0 aliphatic heterocycles. The lowest BCUT2D eigenvalue weighted by atomic mass is 10.2. The summed E-state index contributed by atoms with van der Waals surface area (Å²) in [7, 11) is -3.44. The van der Waals surface area contributed by atoms with Crippen molar-refractivity contribution in [3.05, 3.63) is 75.6 Å². The standard InChI is InChI=1S/C21H25N5O4S2/c1-3-4-12-32(29,30)22-14-20-23-24-21(31-15-17-7-5-6-16(2)13-17)25(20)18-8-10-19(11-9-18)26(27)28/h5-11,13,22H,3-4,12,14-15H2,1-2H3. The zero-order valence-electron chi connectivity index (χ0n) is 17.9. The Bertz CT molecular complexity index is 1180. The van der Waals surface area contributed by atoms with E-state index in [-0.39, 0.29) is 18.0 Å². The minimum atomic E-state index is -3.44. The number of hydrogen-bond acceptors (Lipinski definition) is 7. The van der Waals surface area contributed by atoms with Crippen molar-refractivity contribution in [1.82, 2.24) is 19.5 Å². The van der Waals surface area contributed by atoms with E-state index in [2.05, 4.69) is 21.0 Å². The Morgan fingerprint density at radius 2 is 1.91 bits per heavy atom. The molecule has 3 aromatic rings. The number of nitrogens with zero attached hydrogens (tertiary/aromatic N) is 4. The van der Waals surface area contributed by atoms with Crippen molar-refractivity contribution in [2.75, 3.05) is 5.75 Å². The molecular formula is C21H25N5O4S2. The molecule has 0 radical (unpaired) electrons. The lowest BCUT2D eigenvalue weighted by Crippen LogP contribution is -2.27. The number of aromatic nitrogens is 3. The second-order valence-electron chi connectivity index (χ2n) is 7.28. The number of benzene rings is 2. The van der Waals surface area contributed by atoms with Crippen LogP contribution in [0, 0.1) is 17.0 Å². The maximum Gasteiger partial charge on any atom is 0.269 e. The summed E-state index contributed by atoms with van der Waals surface area (Å²) >= 11 is 1.46. The van der Waals surface area contributed by atoms with Crippen molar-refractivity contribution in [2.24, 2.45) is 0 Å². The van der Waals surface area contributed by atoms with E-state index in [4.69, 9.17) is 0 Å². The van der Waals surface area contributed by atoms with Crippen LogP contribution in [-0.2, 0) is 22.3 Å². The van der Waals surface area contributed by atoms with Gasteiger partial charge in [-0.2, -0.15) is 0 Å². The van der Waals surface area contributed by atoms with Gasteiger partial charge in [0, 0.05) is 23.6 Å². The number of nitrogens with one attached hydrogen (secondary N) is 1. The van der Waals surface area contributed by atoms with E-state index in [1.54, 1.807) is 16.7 Å². The number of sulfonamides is 1. The lowest BCUT2D eigenvalue weighted by Gasteiger charge is -2.11. The summed E-state index contributed by atoms with van der Waals surface area (Å²) in [5.41, 5.74) is 2.87. The Kier molecular flexibility index (Phi) is 7.99. The molecule has 0 fully saturated rings. The third kappa shape index (κ3) is 6.38. The van der Waals surface area contributed by atoms with E-state index in [1.807, 2.05) is 32.0 Å². The number of rotatable bonds is 11. The van der Waals surface area contributed by atoms with E-state index in [0.29, 0.717) is 28.8 Å². The Hall–Kier alpha value is -2.76. The van der Waals surface area contributed by atoms with Gasteiger partial charge in [-0.05, 0) is 31.0 Å². The number of nitro benzene ring substituents is 1. The fourth-order valence-corrected chi connectivity index (χ4v) is 5.10. The van der Waals surface area contributed by atoms with Crippen molar-refractivity contribution in [3.63, 3.8) is 0 Å². The van der Waals surface area contributed by atoms with Crippen LogP contribution in [0.15, 0.2) is 53.7 Å². The van der Waals surface area contributed by atoms with Gasteiger partial charge in [-0.1, -0.05) is 54.9 Å². The van der Waals surface area contributed by atoms with Crippen LogP contribution in [0.2, 0.25) is 0 Å². The van der Waals surface area contributed by atoms with Crippen molar-refractivity contribution in [2.45, 2.75) is 44.1 Å². The highest BCUT2D eigenvalue weighted by molar-refractivity contribution is 7.98. The first-order valence-electron chi connectivity index (χ1n) is 10.1. The van der Waals surface area contributed by atoms with Crippen molar-refractivity contribution in [1.29, 1.82) is 0 Å². The Balaban J connectivity index is 1.88. The first kappa shape index (κ1) is 23.9. The lowest BCUT2D eigenvalue weighted by molar-refractivity contribution is -0.384. The SMILES string of the molecule is CCCCS(=O)(=O)NCc1nnc(SCc2cccc(C)c2)n1-c1ccc([N+](=O)[O-])cc1. The zero-order chi connectivity index (χ0) is 23.1. The van der Waals surface area contributed by atoms with Crippen LogP contribution < -0.4 is 4.72 Å². The second kappa shape index (κ2) is 10.7. The molecule has 170 valence electrons. The van der Waals surface area contributed by atoms with Gasteiger partial charge in [0.25, 0.3) is 5.69 Å². The van der Waals surface area contributed by atoms with Gasteiger partial charge in [-0.3, -0.25) is 14.7 Å². The van der Waals surface area contributed by atoms with E-state index in [0.717, 1.165) is 17.5 Å². The van der Waals surface area contributed by atoms with Gasteiger partial charge in [0.05, 0.1) is 17.2 Å². The Morgan fingerprint density at radius 1 is 1.16 bits per heavy atom. The van der Waals surface area contributed by atoms with Gasteiger partial charge in [0.2, 0.25) is 10.0 Å². The number of hydrogen-bond donors (Lipinski definition) is 1. The van der Waals surface area contributed by atoms with Gasteiger partial charge in [0.15, 0.2) is 11.0 Å². The summed E-state index contributed by atoms with van der Waals surface area (Å²) < 4.78 is 28.8. The summed E-state index contributed by atoms with van der Waals surface area (Å²) in [4.78, 5) is 10.5. The summed E-state index contributed by atoms with van der Waals surface area (Å²) in [5, 5.41) is 20.0. The fraction of sp³-hybridized carbons (Fsp3) is 0.333. The molecule has 0 aliphatic rings. The summed E-state index contributed by atoms with van der Waals surface area (Å²) in [5.74, 6) is 1.10. The van der Waals surface area contributed by atoms with Crippen LogP contribution in [0.25, 0.3) is 5.69 Å². The molecule has 0 atom stereocenters. The molecule has 32 heavy (non-hydrogen) atoms. The highest BCUT2D eigenvalue weighted by atomic mass is 32.2. The highest BCUT2D eigenvalue weighted by Gasteiger charge is 2.18. The van der Waals surface area contributed by atoms with Gasteiger partial charge in [-0.25, -0.2) is 13.1 Å².